The molecular weight excluding hydrogens is 232 g/mol. The topological polar surface area (TPSA) is 20.2 Å². The maximum atomic E-state index is 10.3. The molecule has 0 saturated carbocycles. The van der Waals surface area contributed by atoms with Crippen LogP contribution in [0.5, 0.6) is 0 Å². The predicted molar refractivity (Wildman–Crippen MR) is 86.4 cm³/mol. The summed E-state index contributed by atoms with van der Waals surface area (Å²) in [6.45, 7) is 14.8. The second-order valence-electron chi connectivity index (χ2n) is 7.13. The first-order valence-corrected chi connectivity index (χ1v) is 8.16. The van der Waals surface area contributed by atoms with E-state index >= 15 is 0 Å². The van der Waals surface area contributed by atoms with Crippen LogP contribution in [0.25, 0.3) is 0 Å². The Morgan fingerprint density at radius 1 is 1.00 bits per heavy atom. The molecule has 0 saturated heterocycles. The van der Waals surface area contributed by atoms with E-state index in [2.05, 4.69) is 41.2 Å². The van der Waals surface area contributed by atoms with Crippen LogP contribution in [-0.2, 0) is 0 Å². The molecule has 0 bridgehead atoms. The maximum absolute atomic E-state index is 10.3. The van der Waals surface area contributed by atoms with Gasteiger partial charge in [-0.3, -0.25) is 0 Å². The summed E-state index contributed by atoms with van der Waals surface area (Å²) in [6.07, 6.45) is 10.1. The minimum Gasteiger partial charge on any atom is -0.392 e. The third kappa shape index (κ3) is 8.47. The molecule has 0 heterocycles. The lowest BCUT2D eigenvalue weighted by molar-refractivity contribution is 0.0292. The molecule has 114 valence electrons. The Balaban J connectivity index is 3.74. The normalized spacial score (nSPS) is 15.3. The molecule has 0 aliphatic heterocycles. The standard InChI is InChI=1S/C18H36O/c1-7-8-9-10-11-12-13-14-15(2)16(3)17(19)18(4,5)6/h16-17,19H,2,7-14H2,1,3-6H3/t16-,17-/m0/s1. The third-order valence-electron chi connectivity index (χ3n) is 4.11. The summed E-state index contributed by atoms with van der Waals surface area (Å²) in [5.41, 5.74) is 1.17. The molecule has 0 radical (unpaired) electrons. The summed E-state index contributed by atoms with van der Waals surface area (Å²) in [5, 5.41) is 10.3. The third-order valence-corrected chi connectivity index (χ3v) is 4.11. The molecule has 0 amide bonds. The second-order valence-corrected chi connectivity index (χ2v) is 7.13. The van der Waals surface area contributed by atoms with Crippen LogP contribution in [0.4, 0.5) is 0 Å². The van der Waals surface area contributed by atoms with Gasteiger partial charge in [0.05, 0.1) is 6.10 Å². The smallest absolute Gasteiger partial charge is 0.0650 e. The van der Waals surface area contributed by atoms with Crippen molar-refractivity contribution in [2.75, 3.05) is 0 Å². The molecule has 2 atom stereocenters. The van der Waals surface area contributed by atoms with Gasteiger partial charge in [-0.15, -0.1) is 0 Å². The minimum absolute atomic E-state index is 0.0531. The molecule has 1 nitrogen and oxygen atoms in total. The number of hydrogen-bond acceptors (Lipinski definition) is 1. The van der Waals surface area contributed by atoms with E-state index in [1.807, 2.05) is 0 Å². The lowest BCUT2D eigenvalue weighted by Gasteiger charge is -2.32. The van der Waals surface area contributed by atoms with Crippen molar-refractivity contribution in [2.24, 2.45) is 11.3 Å². The van der Waals surface area contributed by atoms with Crippen molar-refractivity contribution >= 4 is 0 Å². The Labute approximate surface area is 121 Å². The lowest BCUT2D eigenvalue weighted by atomic mass is 9.78. The van der Waals surface area contributed by atoms with Crippen LogP contribution in [0.3, 0.4) is 0 Å². The van der Waals surface area contributed by atoms with E-state index in [4.69, 9.17) is 0 Å². The Hall–Kier alpha value is -0.300. The first kappa shape index (κ1) is 18.7. The molecule has 19 heavy (non-hydrogen) atoms. The molecule has 1 N–H and O–H groups in total. The van der Waals surface area contributed by atoms with E-state index in [9.17, 15) is 5.11 Å². The van der Waals surface area contributed by atoms with Gasteiger partial charge in [0, 0.05) is 5.92 Å². The maximum Gasteiger partial charge on any atom is 0.0650 e. The summed E-state index contributed by atoms with van der Waals surface area (Å²) in [5.74, 6) is 0.208. The molecule has 0 unspecified atom stereocenters. The van der Waals surface area contributed by atoms with Crippen LogP contribution in [0.1, 0.15) is 86.0 Å². The van der Waals surface area contributed by atoms with Crippen LogP contribution < -0.4 is 0 Å². The first-order valence-electron chi connectivity index (χ1n) is 8.16. The zero-order chi connectivity index (χ0) is 14.9. The molecule has 1 heteroatoms. The van der Waals surface area contributed by atoms with Gasteiger partial charge in [-0.1, -0.05) is 85.3 Å². The van der Waals surface area contributed by atoms with E-state index in [0.717, 1.165) is 6.42 Å². The Bertz CT molecular complexity index is 237. The molecule has 0 aliphatic carbocycles. The highest BCUT2D eigenvalue weighted by atomic mass is 16.3. The van der Waals surface area contributed by atoms with Gasteiger partial charge in [-0.25, -0.2) is 0 Å². The van der Waals surface area contributed by atoms with Gasteiger partial charge in [-0.2, -0.15) is 0 Å². The summed E-state index contributed by atoms with van der Waals surface area (Å²) in [6, 6.07) is 0. The molecular formula is C18H36O. The second kappa shape index (κ2) is 9.58. The number of aliphatic hydroxyl groups is 1. The molecule has 0 spiro atoms. The number of hydrogen-bond donors (Lipinski definition) is 1. The minimum atomic E-state index is -0.287. The van der Waals surface area contributed by atoms with Crippen LogP contribution in [0.15, 0.2) is 12.2 Å². The molecule has 0 fully saturated rings. The Morgan fingerprint density at radius 3 is 1.95 bits per heavy atom. The zero-order valence-corrected chi connectivity index (χ0v) is 14.0. The van der Waals surface area contributed by atoms with Crippen LogP contribution in [0.2, 0.25) is 0 Å². The summed E-state index contributed by atoms with van der Waals surface area (Å²) < 4.78 is 0. The summed E-state index contributed by atoms with van der Waals surface area (Å²) >= 11 is 0. The van der Waals surface area contributed by atoms with E-state index < -0.39 is 0 Å². The Kier molecular flexibility index (Phi) is 9.43. The quantitative estimate of drug-likeness (QED) is 0.396. The predicted octanol–water partition coefficient (Wildman–Crippen LogP) is 5.73. The molecule has 0 aliphatic rings. The van der Waals surface area contributed by atoms with Gasteiger partial charge in [0.15, 0.2) is 0 Å². The van der Waals surface area contributed by atoms with Gasteiger partial charge in [0.2, 0.25) is 0 Å². The van der Waals surface area contributed by atoms with Crippen molar-refractivity contribution in [1.29, 1.82) is 0 Å². The fourth-order valence-electron chi connectivity index (χ4n) is 2.51. The highest BCUT2D eigenvalue weighted by Crippen LogP contribution is 2.30. The summed E-state index contributed by atoms with van der Waals surface area (Å²) in [7, 11) is 0. The van der Waals surface area contributed by atoms with E-state index in [0.29, 0.717) is 0 Å². The summed E-state index contributed by atoms with van der Waals surface area (Å²) in [4.78, 5) is 0. The van der Waals surface area contributed by atoms with Crippen molar-refractivity contribution in [3.63, 3.8) is 0 Å². The fraction of sp³-hybridized carbons (Fsp3) is 0.889. The number of unbranched alkanes of at least 4 members (excludes halogenated alkanes) is 6. The first-order chi connectivity index (χ1) is 8.80. The van der Waals surface area contributed by atoms with Gasteiger partial charge < -0.3 is 5.11 Å². The lowest BCUT2D eigenvalue weighted by Crippen LogP contribution is -2.33. The van der Waals surface area contributed by atoms with Crippen molar-refractivity contribution in [2.45, 2.75) is 92.1 Å². The highest BCUT2D eigenvalue weighted by molar-refractivity contribution is 5.03. The van der Waals surface area contributed by atoms with Crippen molar-refractivity contribution in [3.8, 4) is 0 Å². The molecule has 0 aromatic carbocycles. The molecule has 0 aromatic rings. The Morgan fingerprint density at radius 2 is 1.47 bits per heavy atom. The van der Waals surface area contributed by atoms with Crippen LogP contribution >= 0.6 is 0 Å². The molecule has 0 aromatic heterocycles. The van der Waals surface area contributed by atoms with Crippen molar-refractivity contribution in [1.82, 2.24) is 0 Å². The largest absolute Gasteiger partial charge is 0.392 e. The van der Waals surface area contributed by atoms with E-state index in [1.165, 1.54) is 50.5 Å². The average molecular weight is 268 g/mol. The van der Waals surface area contributed by atoms with Gasteiger partial charge in [0.1, 0.15) is 0 Å². The molecule has 0 rings (SSSR count). The monoisotopic (exact) mass is 268 g/mol. The zero-order valence-electron chi connectivity index (χ0n) is 14.0. The van der Waals surface area contributed by atoms with Crippen LogP contribution in [-0.4, -0.2) is 11.2 Å². The van der Waals surface area contributed by atoms with E-state index in [1.54, 1.807) is 0 Å². The number of aliphatic hydroxyl groups excluding tert-OH is 1. The van der Waals surface area contributed by atoms with Gasteiger partial charge >= 0.3 is 0 Å². The average Bonchev–Trinajstić information content (AvgIpc) is 2.34. The highest BCUT2D eigenvalue weighted by Gasteiger charge is 2.28. The van der Waals surface area contributed by atoms with Gasteiger partial charge in [-0.05, 0) is 18.3 Å². The van der Waals surface area contributed by atoms with Crippen molar-refractivity contribution < 1.29 is 5.11 Å². The number of rotatable bonds is 10. The van der Waals surface area contributed by atoms with Crippen molar-refractivity contribution in [3.05, 3.63) is 12.2 Å². The SMILES string of the molecule is C=C(CCCCCCCCC)[C@H](C)[C@H](O)C(C)(C)C. The van der Waals surface area contributed by atoms with Crippen LogP contribution in [0, 0.1) is 11.3 Å². The van der Waals surface area contributed by atoms with E-state index in [-0.39, 0.29) is 17.4 Å². The fourth-order valence-corrected chi connectivity index (χ4v) is 2.51. The van der Waals surface area contributed by atoms with Gasteiger partial charge in [0.25, 0.3) is 0 Å².